The number of halogens is 1. The van der Waals surface area contributed by atoms with Crippen molar-refractivity contribution in [2.45, 2.75) is 20.4 Å². The maximum atomic E-state index is 14.8. The van der Waals surface area contributed by atoms with Crippen LogP contribution < -0.4 is 4.31 Å². The third-order valence-electron chi connectivity index (χ3n) is 5.20. The van der Waals surface area contributed by atoms with E-state index in [-0.39, 0.29) is 17.7 Å². The van der Waals surface area contributed by atoms with Crippen molar-refractivity contribution in [2.75, 3.05) is 44.1 Å². The Bertz CT molecular complexity index is 1030. The number of rotatable bonds is 8. The van der Waals surface area contributed by atoms with Gasteiger partial charge in [0.15, 0.2) is 0 Å². The minimum Gasteiger partial charge on any atom is -0.465 e. The molecule has 0 bridgehead atoms. The van der Waals surface area contributed by atoms with E-state index in [1.165, 1.54) is 35.7 Å². The van der Waals surface area contributed by atoms with Crippen molar-refractivity contribution in [3.8, 4) is 0 Å². The van der Waals surface area contributed by atoms with Crippen molar-refractivity contribution in [2.24, 2.45) is 0 Å². The summed E-state index contributed by atoms with van der Waals surface area (Å²) in [5, 5.41) is 0. The predicted molar refractivity (Wildman–Crippen MR) is 120 cm³/mol. The van der Waals surface area contributed by atoms with Crippen LogP contribution in [0.15, 0.2) is 42.7 Å². The SMILES string of the molecule is COC(=O)c1ccc(CN(c2cccnc2)S(=O)(=O)N2CCN(C[C](C)C)CC2)c(F)c1. The van der Waals surface area contributed by atoms with E-state index >= 15 is 0 Å². The van der Waals surface area contributed by atoms with Gasteiger partial charge in [0.05, 0.1) is 31.1 Å². The molecule has 0 atom stereocenters. The number of esters is 1. The number of hydrogen-bond donors (Lipinski definition) is 0. The summed E-state index contributed by atoms with van der Waals surface area (Å²) >= 11 is 0. The van der Waals surface area contributed by atoms with Crippen LogP contribution >= 0.6 is 0 Å². The van der Waals surface area contributed by atoms with E-state index < -0.39 is 22.0 Å². The summed E-state index contributed by atoms with van der Waals surface area (Å²) in [6, 6.07) is 7.12. The van der Waals surface area contributed by atoms with Crippen LogP contribution in [0.25, 0.3) is 0 Å². The fourth-order valence-corrected chi connectivity index (χ4v) is 5.17. The molecule has 1 saturated heterocycles. The van der Waals surface area contributed by atoms with Crippen molar-refractivity contribution < 1.29 is 22.3 Å². The summed E-state index contributed by atoms with van der Waals surface area (Å²) in [6.45, 7) is 6.62. The Kier molecular flexibility index (Phi) is 7.81. The van der Waals surface area contributed by atoms with Gasteiger partial charge in [0, 0.05) is 44.5 Å². The Labute approximate surface area is 188 Å². The molecule has 0 spiro atoms. The van der Waals surface area contributed by atoms with Crippen LogP contribution in [0.3, 0.4) is 0 Å². The average Bonchev–Trinajstić information content (AvgIpc) is 2.78. The molecule has 2 aromatic rings. The molecule has 1 aliphatic heterocycles. The molecule has 0 N–H and O–H groups in total. The minimum atomic E-state index is -3.94. The number of carbonyl (C=O) groups is 1. The smallest absolute Gasteiger partial charge is 0.337 e. The zero-order chi connectivity index (χ0) is 23.3. The second-order valence-corrected chi connectivity index (χ2v) is 9.76. The highest BCUT2D eigenvalue weighted by Crippen LogP contribution is 2.25. The summed E-state index contributed by atoms with van der Waals surface area (Å²) in [6.07, 6.45) is 2.98. The largest absolute Gasteiger partial charge is 0.465 e. The van der Waals surface area contributed by atoms with Crippen molar-refractivity contribution in [1.29, 1.82) is 0 Å². The zero-order valence-corrected chi connectivity index (χ0v) is 19.3. The van der Waals surface area contributed by atoms with Gasteiger partial charge in [0.2, 0.25) is 0 Å². The molecule has 10 heteroatoms. The molecule has 2 heterocycles. The van der Waals surface area contributed by atoms with Crippen LogP contribution in [-0.2, 0) is 21.5 Å². The van der Waals surface area contributed by atoms with E-state index in [0.29, 0.717) is 31.9 Å². The lowest BCUT2D eigenvalue weighted by Gasteiger charge is -2.37. The lowest BCUT2D eigenvalue weighted by atomic mass is 10.1. The topological polar surface area (TPSA) is 83.0 Å². The summed E-state index contributed by atoms with van der Waals surface area (Å²) < 4.78 is 49.1. The van der Waals surface area contributed by atoms with Gasteiger partial charge in [0.1, 0.15) is 5.82 Å². The molecule has 1 radical (unpaired) electrons. The Balaban J connectivity index is 1.87. The third kappa shape index (κ3) is 5.62. The fraction of sp³-hybridized carbons (Fsp3) is 0.409. The normalized spacial score (nSPS) is 15.7. The predicted octanol–water partition coefficient (Wildman–Crippen LogP) is 2.49. The number of hydrogen-bond acceptors (Lipinski definition) is 6. The third-order valence-corrected chi connectivity index (χ3v) is 7.11. The van der Waals surface area contributed by atoms with Gasteiger partial charge in [-0.15, -0.1) is 0 Å². The first-order chi connectivity index (χ1) is 15.2. The number of carbonyl (C=O) groups excluding carboxylic acids is 1. The lowest BCUT2D eigenvalue weighted by molar-refractivity contribution is 0.0600. The quantitative estimate of drug-likeness (QED) is 0.560. The Morgan fingerprint density at radius 2 is 1.91 bits per heavy atom. The van der Waals surface area contributed by atoms with E-state index in [0.717, 1.165) is 16.9 Å². The van der Waals surface area contributed by atoms with E-state index in [1.54, 1.807) is 18.3 Å². The number of aromatic nitrogens is 1. The van der Waals surface area contributed by atoms with Gasteiger partial charge < -0.3 is 9.64 Å². The van der Waals surface area contributed by atoms with Gasteiger partial charge in [0.25, 0.3) is 0 Å². The standard InChI is InChI=1S/C22H28FN4O4S/c1-17(2)15-25-9-11-26(12-10-25)32(29,30)27(20-5-4-8-24-14-20)16-19-7-6-18(13-21(19)23)22(28)31-3/h4-8,13-14H,9-12,15-16H2,1-3H3. The van der Waals surface area contributed by atoms with Crippen LogP contribution in [-0.4, -0.2) is 68.4 Å². The summed E-state index contributed by atoms with van der Waals surface area (Å²) in [5.41, 5.74) is 0.535. The fourth-order valence-electron chi connectivity index (χ4n) is 3.59. The molecule has 0 unspecified atom stereocenters. The Hall–Kier alpha value is -2.56. The molecule has 0 aliphatic carbocycles. The van der Waals surface area contributed by atoms with Gasteiger partial charge in [-0.3, -0.25) is 9.29 Å². The summed E-state index contributed by atoms with van der Waals surface area (Å²) in [4.78, 5) is 17.9. The molecule has 0 amide bonds. The molecule has 1 aromatic carbocycles. The maximum absolute atomic E-state index is 14.8. The number of methoxy groups -OCH3 is 1. The van der Waals surface area contributed by atoms with Crippen molar-refractivity contribution in [3.63, 3.8) is 0 Å². The highest BCUT2D eigenvalue weighted by Gasteiger charge is 2.33. The highest BCUT2D eigenvalue weighted by molar-refractivity contribution is 7.90. The second kappa shape index (κ2) is 10.4. The second-order valence-electron chi connectivity index (χ2n) is 7.91. The van der Waals surface area contributed by atoms with Crippen molar-refractivity contribution in [3.05, 3.63) is 65.6 Å². The Morgan fingerprint density at radius 3 is 2.47 bits per heavy atom. The van der Waals surface area contributed by atoms with Gasteiger partial charge in [-0.1, -0.05) is 19.9 Å². The first-order valence-electron chi connectivity index (χ1n) is 10.3. The molecule has 8 nitrogen and oxygen atoms in total. The molecule has 32 heavy (non-hydrogen) atoms. The van der Waals surface area contributed by atoms with Crippen molar-refractivity contribution >= 4 is 21.9 Å². The van der Waals surface area contributed by atoms with E-state index in [4.69, 9.17) is 0 Å². The highest BCUT2D eigenvalue weighted by atomic mass is 32.2. The van der Waals surface area contributed by atoms with Gasteiger partial charge >= 0.3 is 16.2 Å². The molecule has 3 rings (SSSR count). The zero-order valence-electron chi connectivity index (χ0n) is 18.5. The Morgan fingerprint density at radius 1 is 1.19 bits per heavy atom. The molecule has 1 aliphatic rings. The van der Waals surface area contributed by atoms with Crippen LogP contribution in [0.5, 0.6) is 0 Å². The monoisotopic (exact) mass is 463 g/mol. The number of benzene rings is 1. The van der Waals surface area contributed by atoms with Crippen LogP contribution in [0, 0.1) is 11.7 Å². The summed E-state index contributed by atoms with van der Waals surface area (Å²) in [7, 11) is -2.73. The first-order valence-corrected chi connectivity index (χ1v) is 11.7. The first kappa shape index (κ1) is 24.1. The van der Waals surface area contributed by atoms with Gasteiger partial charge in [-0.05, 0) is 30.2 Å². The molecular formula is C22H28FN4O4S. The molecular weight excluding hydrogens is 435 g/mol. The molecule has 0 saturated carbocycles. The number of nitrogens with zero attached hydrogens (tertiary/aromatic N) is 4. The van der Waals surface area contributed by atoms with Crippen LogP contribution in [0.4, 0.5) is 10.1 Å². The van der Waals surface area contributed by atoms with E-state index in [2.05, 4.69) is 14.6 Å². The summed E-state index contributed by atoms with van der Waals surface area (Å²) in [5.74, 6) is -0.0791. The average molecular weight is 464 g/mol. The molecule has 1 aromatic heterocycles. The number of piperazine rings is 1. The number of ether oxygens (including phenoxy) is 1. The molecule has 1 fully saturated rings. The maximum Gasteiger partial charge on any atom is 0.337 e. The number of pyridine rings is 1. The minimum absolute atomic E-state index is 0.0590. The van der Waals surface area contributed by atoms with E-state index in [1.807, 2.05) is 13.8 Å². The van der Waals surface area contributed by atoms with E-state index in [9.17, 15) is 17.6 Å². The van der Waals surface area contributed by atoms with Crippen molar-refractivity contribution in [1.82, 2.24) is 14.2 Å². The number of anilines is 1. The molecule has 173 valence electrons. The van der Waals surface area contributed by atoms with Crippen LogP contribution in [0.2, 0.25) is 0 Å². The van der Waals surface area contributed by atoms with Gasteiger partial charge in [-0.25, -0.2) is 9.18 Å². The van der Waals surface area contributed by atoms with Crippen LogP contribution in [0.1, 0.15) is 29.8 Å². The van der Waals surface area contributed by atoms with Gasteiger partial charge in [-0.2, -0.15) is 12.7 Å². The lowest BCUT2D eigenvalue weighted by Crippen LogP contribution is -2.53.